The van der Waals surface area contributed by atoms with E-state index in [0.717, 1.165) is 63.7 Å². The summed E-state index contributed by atoms with van der Waals surface area (Å²) in [7, 11) is 1.67. The van der Waals surface area contributed by atoms with Crippen LogP contribution in [-0.4, -0.2) is 24.3 Å². The number of carbonyl (C=O) groups excluding carboxylic acids is 1. The van der Waals surface area contributed by atoms with E-state index >= 15 is 0 Å². The fraction of sp³-hybridized carbons (Fsp3) is 0.212. The molecule has 6 rings (SSSR count). The highest BCUT2D eigenvalue weighted by Crippen LogP contribution is 2.40. The lowest BCUT2D eigenvalue weighted by molar-refractivity contribution is 0.0526. The van der Waals surface area contributed by atoms with Crippen LogP contribution in [0.3, 0.4) is 0 Å². The van der Waals surface area contributed by atoms with Gasteiger partial charge in [-0.3, -0.25) is 4.57 Å². The van der Waals surface area contributed by atoms with Gasteiger partial charge in [-0.15, -0.1) is 22.7 Å². The van der Waals surface area contributed by atoms with Crippen LogP contribution in [0, 0.1) is 0 Å². The van der Waals surface area contributed by atoms with Crippen molar-refractivity contribution in [2.75, 3.05) is 13.7 Å². The predicted octanol–water partition coefficient (Wildman–Crippen LogP) is 8.23. The van der Waals surface area contributed by atoms with Gasteiger partial charge in [0.15, 0.2) is 4.80 Å². The zero-order valence-electron chi connectivity index (χ0n) is 22.6. The number of rotatable bonds is 7. The van der Waals surface area contributed by atoms with E-state index in [1.807, 2.05) is 37.3 Å². The molecule has 0 spiro atoms. The van der Waals surface area contributed by atoms with Gasteiger partial charge in [0, 0.05) is 15.9 Å². The van der Waals surface area contributed by atoms with Gasteiger partial charge in [0.2, 0.25) is 0 Å². The van der Waals surface area contributed by atoms with Crippen molar-refractivity contribution in [2.45, 2.75) is 32.6 Å². The third-order valence-corrected chi connectivity index (χ3v) is 9.17. The van der Waals surface area contributed by atoms with E-state index in [1.165, 1.54) is 16.0 Å². The summed E-state index contributed by atoms with van der Waals surface area (Å²) in [5, 5.41) is 2.87. The Bertz CT molecular complexity index is 1700. The van der Waals surface area contributed by atoms with E-state index in [4.69, 9.17) is 14.5 Å². The number of aryl methyl sites for hydroxylation is 1. The van der Waals surface area contributed by atoms with Crippen LogP contribution in [0.15, 0.2) is 89.2 Å². The highest BCUT2D eigenvalue weighted by atomic mass is 32.1. The van der Waals surface area contributed by atoms with Crippen molar-refractivity contribution in [1.29, 1.82) is 0 Å². The second kappa shape index (κ2) is 11.7. The lowest BCUT2D eigenvalue weighted by Crippen LogP contribution is -2.14. The Morgan fingerprint density at radius 3 is 2.33 bits per heavy atom. The van der Waals surface area contributed by atoms with Crippen molar-refractivity contribution in [2.24, 2.45) is 4.99 Å². The lowest BCUT2D eigenvalue weighted by Gasteiger charge is -2.12. The highest BCUT2D eigenvalue weighted by Gasteiger charge is 2.26. The van der Waals surface area contributed by atoms with Crippen molar-refractivity contribution in [1.82, 2.24) is 4.57 Å². The average molecular weight is 567 g/mol. The Labute approximate surface area is 242 Å². The maximum absolute atomic E-state index is 13.1. The molecular formula is C33H30N2O3S2. The number of thiazole rings is 1. The number of esters is 1. The molecule has 2 heterocycles. The van der Waals surface area contributed by atoms with Crippen molar-refractivity contribution < 1.29 is 14.3 Å². The Morgan fingerprint density at radius 1 is 0.900 bits per heavy atom. The first-order valence-corrected chi connectivity index (χ1v) is 15.2. The van der Waals surface area contributed by atoms with E-state index in [2.05, 4.69) is 58.5 Å². The molecule has 202 valence electrons. The third-order valence-electron chi connectivity index (χ3n) is 7.16. The molecule has 2 aromatic heterocycles. The summed E-state index contributed by atoms with van der Waals surface area (Å²) in [5.74, 6) is 0.521. The number of benzene rings is 3. The van der Waals surface area contributed by atoms with Gasteiger partial charge in [0.1, 0.15) is 10.8 Å². The molecule has 0 unspecified atom stereocenters. The SMILES string of the molecule is CCOC(=O)c1c(/N=c2\scc(-c3ccc(-c4ccccc4)cc3)n2-c2ccc(OC)cc2)sc2c1CCCC2. The third kappa shape index (κ3) is 5.15. The number of thiophene rings is 1. The van der Waals surface area contributed by atoms with Crippen LogP contribution >= 0.6 is 22.7 Å². The van der Waals surface area contributed by atoms with Gasteiger partial charge in [-0.05, 0) is 79.1 Å². The molecule has 0 N–H and O–H groups in total. The Kier molecular flexibility index (Phi) is 7.66. The summed E-state index contributed by atoms with van der Waals surface area (Å²) < 4.78 is 13.1. The van der Waals surface area contributed by atoms with Crippen molar-refractivity contribution >= 4 is 33.6 Å². The lowest BCUT2D eigenvalue weighted by atomic mass is 9.95. The zero-order valence-corrected chi connectivity index (χ0v) is 24.2. The standard InChI is InChI=1S/C33H30N2O3S2/c1-3-38-32(36)30-27-11-7-8-12-29(27)40-31(30)34-33-35(25-17-19-26(37-2)20-18-25)28(21-39-33)24-15-13-23(14-16-24)22-9-5-4-6-10-22/h4-6,9-10,13-21H,3,7-8,11-12H2,1-2H3/b34-33-. The van der Waals surface area contributed by atoms with Crippen LogP contribution in [0.4, 0.5) is 5.00 Å². The van der Waals surface area contributed by atoms with Crippen molar-refractivity contribution in [3.05, 3.63) is 105 Å². The van der Waals surface area contributed by atoms with Gasteiger partial charge in [0.05, 0.1) is 25.0 Å². The highest BCUT2D eigenvalue weighted by molar-refractivity contribution is 7.16. The topological polar surface area (TPSA) is 52.8 Å². The molecule has 1 aliphatic rings. The molecule has 1 aliphatic carbocycles. The smallest absolute Gasteiger partial charge is 0.341 e. The minimum atomic E-state index is -0.273. The van der Waals surface area contributed by atoms with Gasteiger partial charge in [-0.2, -0.15) is 0 Å². The summed E-state index contributed by atoms with van der Waals surface area (Å²) in [6.07, 6.45) is 4.12. The minimum absolute atomic E-state index is 0.273. The number of aromatic nitrogens is 1. The number of fused-ring (bicyclic) bond motifs is 1. The van der Waals surface area contributed by atoms with Crippen molar-refractivity contribution in [3.8, 4) is 33.8 Å². The normalized spacial score (nSPS) is 13.2. The number of hydrogen-bond acceptors (Lipinski definition) is 6. The van der Waals surface area contributed by atoms with Gasteiger partial charge >= 0.3 is 5.97 Å². The first-order valence-electron chi connectivity index (χ1n) is 13.5. The van der Waals surface area contributed by atoms with E-state index in [0.29, 0.717) is 12.2 Å². The van der Waals surface area contributed by atoms with Gasteiger partial charge in [-0.1, -0.05) is 54.6 Å². The monoisotopic (exact) mass is 566 g/mol. The molecule has 0 atom stereocenters. The molecule has 5 nitrogen and oxygen atoms in total. The van der Waals surface area contributed by atoms with E-state index in [9.17, 15) is 4.79 Å². The number of ether oxygens (including phenoxy) is 2. The molecule has 7 heteroatoms. The largest absolute Gasteiger partial charge is 0.497 e. The minimum Gasteiger partial charge on any atom is -0.497 e. The van der Waals surface area contributed by atoms with Gasteiger partial charge in [0.25, 0.3) is 0 Å². The molecule has 0 saturated carbocycles. The van der Waals surface area contributed by atoms with Crippen molar-refractivity contribution in [3.63, 3.8) is 0 Å². The summed E-state index contributed by atoms with van der Waals surface area (Å²) in [6, 6.07) is 27.0. The second-order valence-corrected chi connectivity index (χ2v) is 11.5. The average Bonchev–Trinajstić information content (AvgIpc) is 3.59. The van der Waals surface area contributed by atoms with E-state index < -0.39 is 0 Å². The molecule has 40 heavy (non-hydrogen) atoms. The van der Waals surface area contributed by atoms with Crippen LogP contribution in [-0.2, 0) is 17.6 Å². The fourth-order valence-corrected chi connectivity index (χ4v) is 7.38. The summed E-state index contributed by atoms with van der Waals surface area (Å²) in [6.45, 7) is 2.19. The maximum atomic E-state index is 13.1. The number of carbonyl (C=O) groups is 1. The molecule has 0 bridgehead atoms. The van der Waals surface area contributed by atoms with Crippen LogP contribution in [0.2, 0.25) is 0 Å². The molecule has 0 radical (unpaired) electrons. The van der Waals surface area contributed by atoms with Crippen LogP contribution in [0.1, 0.15) is 40.6 Å². The van der Waals surface area contributed by atoms with Crippen LogP contribution in [0.25, 0.3) is 28.1 Å². The summed E-state index contributed by atoms with van der Waals surface area (Å²) in [4.78, 5) is 20.3. The first-order chi connectivity index (χ1) is 19.7. The molecule has 5 aromatic rings. The summed E-state index contributed by atoms with van der Waals surface area (Å²) >= 11 is 3.20. The molecule has 0 aliphatic heterocycles. The predicted molar refractivity (Wildman–Crippen MR) is 163 cm³/mol. The number of nitrogens with zero attached hydrogens (tertiary/aromatic N) is 2. The first kappa shape index (κ1) is 26.3. The Balaban J connectivity index is 1.50. The molecular weight excluding hydrogens is 537 g/mol. The molecule has 0 saturated heterocycles. The van der Waals surface area contributed by atoms with E-state index in [1.54, 1.807) is 29.8 Å². The quantitative estimate of drug-likeness (QED) is 0.187. The maximum Gasteiger partial charge on any atom is 0.341 e. The molecule has 3 aromatic carbocycles. The second-order valence-electron chi connectivity index (χ2n) is 9.60. The molecule has 0 fully saturated rings. The van der Waals surface area contributed by atoms with E-state index in [-0.39, 0.29) is 5.97 Å². The Hall–Kier alpha value is -3.94. The Morgan fingerprint density at radius 2 is 1.60 bits per heavy atom. The van der Waals surface area contributed by atoms with Gasteiger partial charge < -0.3 is 9.47 Å². The fourth-order valence-electron chi connectivity index (χ4n) is 5.17. The van der Waals surface area contributed by atoms with Crippen LogP contribution in [0.5, 0.6) is 5.75 Å². The van der Waals surface area contributed by atoms with Crippen LogP contribution < -0.4 is 9.54 Å². The van der Waals surface area contributed by atoms with Gasteiger partial charge in [-0.25, -0.2) is 9.79 Å². The molecule has 0 amide bonds. The summed E-state index contributed by atoms with van der Waals surface area (Å²) in [5.41, 5.74) is 7.22. The number of hydrogen-bond donors (Lipinski definition) is 0. The zero-order chi connectivity index (χ0) is 27.5. The number of methoxy groups -OCH3 is 1.